The molecule has 1 saturated heterocycles. The lowest BCUT2D eigenvalue weighted by Gasteiger charge is -2.34. The molecular weight excluding hydrogens is 259 g/mol. The normalized spacial score (nSPS) is 20.7. The third-order valence-corrected chi connectivity index (χ3v) is 3.92. The van der Waals surface area contributed by atoms with E-state index < -0.39 is 0 Å². The SMILES string of the molecule is C#CCCC1(CCC(=O)N2CCN(CCF)CC2)N=N1. The minimum atomic E-state index is -0.377. The van der Waals surface area contributed by atoms with Crippen molar-refractivity contribution in [1.82, 2.24) is 9.80 Å². The number of rotatable bonds is 7. The summed E-state index contributed by atoms with van der Waals surface area (Å²) < 4.78 is 12.2. The summed E-state index contributed by atoms with van der Waals surface area (Å²) in [5.41, 5.74) is -0.377. The van der Waals surface area contributed by atoms with Gasteiger partial charge in [-0.2, -0.15) is 10.2 Å². The molecule has 0 spiro atoms. The predicted molar refractivity (Wildman–Crippen MR) is 73.9 cm³/mol. The lowest BCUT2D eigenvalue weighted by atomic mass is 10.0. The van der Waals surface area contributed by atoms with Gasteiger partial charge in [-0.05, 0) is 0 Å². The molecule has 0 aromatic rings. The second kappa shape index (κ2) is 6.80. The molecule has 0 radical (unpaired) electrons. The molecule has 20 heavy (non-hydrogen) atoms. The predicted octanol–water partition coefficient (Wildman–Crippen LogP) is 1.46. The minimum absolute atomic E-state index is 0.141. The fourth-order valence-electron chi connectivity index (χ4n) is 2.47. The number of terminal acetylenes is 1. The van der Waals surface area contributed by atoms with Crippen LogP contribution in [-0.2, 0) is 4.79 Å². The van der Waals surface area contributed by atoms with Crippen LogP contribution in [0.15, 0.2) is 10.2 Å². The largest absolute Gasteiger partial charge is 0.340 e. The Labute approximate surface area is 119 Å². The first-order chi connectivity index (χ1) is 9.69. The fraction of sp³-hybridized carbons (Fsp3) is 0.786. The summed E-state index contributed by atoms with van der Waals surface area (Å²) in [6.45, 7) is 3.03. The van der Waals surface area contributed by atoms with Crippen LogP contribution < -0.4 is 0 Å². The Morgan fingerprint density at radius 3 is 2.50 bits per heavy atom. The van der Waals surface area contributed by atoms with Crippen molar-refractivity contribution in [3.05, 3.63) is 0 Å². The molecule has 0 unspecified atom stereocenters. The van der Waals surface area contributed by atoms with Crippen LogP contribution >= 0.6 is 0 Å². The van der Waals surface area contributed by atoms with E-state index in [-0.39, 0.29) is 18.2 Å². The van der Waals surface area contributed by atoms with E-state index in [4.69, 9.17) is 6.42 Å². The van der Waals surface area contributed by atoms with E-state index in [9.17, 15) is 9.18 Å². The Balaban J connectivity index is 1.67. The minimum Gasteiger partial charge on any atom is -0.340 e. The number of carbonyl (C=O) groups excluding carboxylic acids is 1. The smallest absolute Gasteiger partial charge is 0.222 e. The Morgan fingerprint density at radius 1 is 1.25 bits per heavy atom. The first kappa shape index (κ1) is 14.9. The molecule has 2 aliphatic rings. The van der Waals surface area contributed by atoms with E-state index in [0.717, 1.165) is 19.5 Å². The van der Waals surface area contributed by atoms with Gasteiger partial charge >= 0.3 is 0 Å². The number of piperazine rings is 1. The zero-order valence-electron chi connectivity index (χ0n) is 11.7. The van der Waals surface area contributed by atoms with E-state index in [1.54, 1.807) is 0 Å². The van der Waals surface area contributed by atoms with E-state index in [0.29, 0.717) is 38.9 Å². The molecule has 2 aliphatic heterocycles. The molecular formula is C14H21FN4O. The fourth-order valence-corrected chi connectivity index (χ4v) is 2.47. The van der Waals surface area contributed by atoms with Crippen LogP contribution in [0.2, 0.25) is 0 Å². The van der Waals surface area contributed by atoms with Gasteiger partial charge in [-0.3, -0.25) is 9.69 Å². The molecule has 5 nitrogen and oxygen atoms in total. The third kappa shape index (κ3) is 4.01. The summed E-state index contributed by atoms with van der Waals surface area (Å²) >= 11 is 0. The molecule has 1 amide bonds. The van der Waals surface area contributed by atoms with Crippen molar-refractivity contribution >= 4 is 5.91 Å². The Bertz CT molecular complexity index is 404. The van der Waals surface area contributed by atoms with Crippen molar-refractivity contribution in [2.45, 2.75) is 31.3 Å². The number of carbonyl (C=O) groups is 1. The van der Waals surface area contributed by atoms with Crippen LogP contribution in [0, 0.1) is 12.3 Å². The van der Waals surface area contributed by atoms with E-state index in [2.05, 4.69) is 16.1 Å². The molecule has 1 fully saturated rings. The maximum Gasteiger partial charge on any atom is 0.222 e. The molecule has 0 aromatic carbocycles. The van der Waals surface area contributed by atoms with Gasteiger partial charge in [-0.1, -0.05) is 0 Å². The molecule has 110 valence electrons. The standard InChI is InChI=1S/C14H21FN4O/c1-2-3-5-14(16-17-14)6-4-13(20)19-11-9-18(8-7-15)10-12-19/h1H,3-12H2. The average molecular weight is 280 g/mol. The molecule has 0 saturated carbocycles. The molecule has 0 bridgehead atoms. The second-order valence-corrected chi connectivity index (χ2v) is 5.30. The van der Waals surface area contributed by atoms with Crippen LogP contribution in [0.25, 0.3) is 0 Å². The highest BCUT2D eigenvalue weighted by Gasteiger charge is 2.39. The summed E-state index contributed by atoms with van der Waals surface area (Å²) in [5, 5.41) is 8.07. The van der Waals surface area contributed by atoms with E-state index in [1.807, 2.05) is 9.80 Å². The topological polar surface area (TPSA) is 48.3 Å². The lowest BCUT2D eigenvalue weighted by molar-refractivity contribution is -0.133. The van der Waals surface area contributed by atoms with Crippen LogP contribution in [0.1, 0.15) is 25.7 Å². The second-order valence-electron chi connectivity index (χ2n) is 5.30. The van der Waals surface area contributed by atoms with E-state index in [1.165, 1.54) is 0 Å². The monoisotopic (exact) mass is 280 g/mol. The quantitative estimate of drug-likeness (QED) is 0.663. The maximum absolute atomic E-state index is 12.2. The number of alkyl halides is 1. The van der Waals surface area contributed by atoms with Crippen LogP contribution in [0.3, 0.4) is 0 Å². The van der Waals surface area contributed by atoms with Crippen molar-refractivity contribution < 1.29 is 9.18 Å². The Morgan fingerprint density at radius 2 is 1.95 bits per heavy atom. The first-order valence-corrected chi connectivity index (χ1v) is 7.13. The number of halogens is 1. The molecule has 6 heteroatoms. The average Bonchev–Trinajstić information content (AvgIpc) is 3.24. The summed E-state index contributed by atoms with van der Waals surface area (Å²) in [6, 6.07) is 0. The molecule has 0 aliphatic carbocycles. The summed E-state index contributed by atoms with van der Waals surface area (Å²) in [5.74, 6) is 2.72. The Kier molecular flexibility index (Phi) is 5.07. The Hall–Kier alpha value is -1.48. The van der Waals surface area contributed by atoms with Gasteiger partial charge < -0.3 is 4.90 Å². The highest BCUT2D eigenvalue weighted by molar-refractivity contribution is 5.76. The van der Waals surface area contributed by atoms with Gasteiger partial charge in [0.1, 0.15) is 6.67 Å². The summed E-state index contributed by atoms with van der Waals surface area (Å²) in [7, 11) is 0. The van der Waals surface area contributed by atoms with Gasteiger partial charge in [-0.15, -0.1) is 12.3 Å². The van der Waals surface area contributed by atoms with Gasteiger partial charge in [0.05, 0.1) is 0 Å². The van der Waals surface area contributed by atoms with Crippen molar-refractivity contribution in [3.63, 3.8) is 0 Å². The molecule has 2 heterocycles. The third-order valence-electron chi connectivity index (χ3n) is 3.92. The van der Waals surface area contributed by atoms with E-state index >= 15 is 0 Å². The summed E-state index contributed by atoms with van der Waals surface area (Å²) in [6.07, 6.45) is 7.72. The van der Waals surface area contributed by atoms with Crippen molar-refractivity contribution in [2.75, 3.05) is 39.4 Å². The van der Waals surface area contributed by atoms with Crippen molar-refractivity contribution in [3.8, 4) is 12.3 Å². The van der Waals surface area contributed by atoms with Crippen LogP contribution in [0.5, 0.6) is 0 Å². The van der Waals surface area contributed by atoms with Crippen molar-refractivity contribution in [1.29, 1.82) is 0 Å². The number of hydrogen-bond acceptors (Lipinski definition) is 4. The zero-order chi connectivity index (χ0) is 14.4. The van der Waals surface area contributed by atoms with Crippen LogP contribution in [-0.4, -0.2) is 60.8 Å². The summed E-state index contributed by atoms with van der Waals surface area (Å²) in [4.78, 5) is 16.0. The van der Waals surface area contributed by atoms with Crippen molar-refractivity contribution in [2.24, 2.45) is 10.2 Å². The molecule has 0 N–H and O–H groups in total. The number of hydrogen-bond donors (Lipinski definition) is 0. The van der Waals surface area contributed by atoms with Gasteiger partial charge in [0.2, 0.25) is 5.91 Å². The molecule has 0 aromatic heterocycles. The zero-order valence-corrected chi connectivity index (χ0v) is 11.7. The number of amides is 1. The number of nitrogens with zero attached hydrogens (tertiary/aromatic N) is 4. The van der Waals surface area contributed by atoms with Gasteiger partial charge in [0.15, 0.2) is 5.66 Å². The van der Waals surface area contributed by atoms with Gasteiger partial charge in [0.25, 0.3) is 0 Å². The highest BCUT2D eigenvalue weighted by atomic mass is 19.1. The van der Waals surface area contributed by atoms with Gasteiger partial charge in [-0.25, -0.2) is 4.39 Å². The molecule has 0 atom stereocenters. The first-order valence-electron chi connectivity index (χ1n) is 7.13. The highest BCUT2D eigenvalue weighted by Crippen LogP contribution is 2.37. The van der Waals surface area contributed by atoms with Gasteiger partial charge in [0, 0.05) is 58.4 Å². The maximum atomic E-state index is 12.2. The lowest BCUT2D eigenvalue weighted by Crippen LogP contribution is -2.49. The van der Waals surface area contributed by atoms with Crippen LogP contribution in [0.4, 0.5) is 4.39 Å². The molecule has 2 rings (SSSR count).